The first-order valence-electron chi connectivity index (χ1n) is 7.21. The number of hydrogen-bond donors (Lipinski definition) is 0. The zero-order chi connectivity index (χ0) is 13.1. The zero-order valence-electron chi connectivity index (χ0n) is 11.9. The van der Waals surface area contributed by atoms with Crippen molar-refractivity contribution in [3.8, 4) is 0 Å². The van der Waals surface area contributed by atoms with Crippen LogP contribution < -0.4 is 0 Å². The number of carbonyl (C=O) groups excluding carboxylic acids is 1. The molecule has 2 aliphatic rings. The summed E-state index contributed by atoms with van der Waals surface area (Å²) < 4.78 is 0. The first-order valence-corrected chi connectivity index (χ1v) is 7.21. The molecule has 1 aliphatic heterocycles. The summed E-state index contributed by atoms with van der Waals surface area (Å²) in [6.45, 7) is 8.54. The van der Waals surface area contributed by atoms with Gasteiger partial charge in [0, 0.05) is 19.5 Å². The molecule has 1 heterocycles. The number of carbonyl (C=O) groups is 1. The van der Waals surface area contributed by atoms with Crippen LogP contribution in [0.1, 0.15) is 40.0 Å². The van der Waals surface area contributed by atoms with Crippen molar-refractivity contribution in [3.63, 3.8) is 0 Å². The van der Waals surface area contributed by atoms with Crippen molar-refractivity contribution in [1.82, 2.24) is 4.90 Å². The Hall–Kier alpha value is -1.05. The van der Waals surface area contributed by atoms with Crippen molar-refractivity contribution in [2.75, 3.05) is 13.1 Å². The molecule has 0 aromatic heterocycles. The third-order valence-corrected chi connectivity index (χ3v) is 4.20. The molecule has 2 heteroatoms. The van der Waals surface area contributed by atoms with Crippen LogP contribution >= 0.6 is 0 Å². The summed E-state index contributed by atoms with van der Waals surface area (Å²) in [5.41, 5.74) is 1.40. The summed E-state index contributed by atoms with van der Waals surface area (Å²) in [6, 6.07) is 0. The van der Waals surface area contributed by atoms with E-state index in [0.717, 1.165) is 32.4 Å². The van der Waals surface area contributed by atoms with E-state index in [-0.39, 0.29) is 0 Å². The molecule has 0 aromatic rings. The van der Waals surface area contributed by atoms with Crippen molar-refractivity contribution in [2.24, 2.45) is 17.8 Å². The SMILES string of the molecule is CC1C=C(CCN2CC(C(C)C)CC2=O)C=CC1. The highest BCUT2D eigenvalue weighted by atomic mass is 16.2. The van der Waals surface area contributed by atoms with Gasteiger partial charge < -0.3 is 4.90 Å². The summed E-state index contributed by atoms with van der Waals surface area (Å²) in [4.78, 5) is 14.0. The average molecular weight is 247 g/mol. The number of rotatable bonds is 4. The van der Waals surface area contributed by atoms with Gasteiger partial charge in [0.2, 0.25) is 5.91 Å². The van der Waals surface area contributed by atoms with Crippen molar-refractivity contribution in [1.29, 1.82) is 0 Å². The Labute approximate surface area is 111 Å². The topological polar surface area (TPSA) is 20.3 Å². The van der Waals surface area contributed by atoms with Crippen LogP contribution in [0.5, 0.6) is 0 Å². The van der Waals surface area contributed by atoms with Gasteiger partial charge in [-0.1, -0.05) is 44.6 Å². The van der Waals surface area contributed by atoms with Gasteiger partial charge in [-0.15, -0.1) is 0 Å². The van der Waals surface area contributed by atoms with Crippen LogP contribution in [0, 0.1) is 17.8 Å². The van der Waals surface area contributed by atoms with Gasteiger partial charge in [0.05, 0.1) is 0 Å². The van der Waals surface area contributed by atoms with Gasteiger partial charge in [-0.25, -0.2) is 0 Å². The lowest BCUT2D eigenvalue weighted by molar-refractivity contribution is -0.127. The quantitative estimate of drug-likeness (QED) is 0.745. The zero-order valence-corrected chi connectivity index (χ0v) is 11.9. The van der Waals surface area contributed by atoms with E-state index in [1.807, 2.05) is 0 Å². The Morgan fingerprint density at radius 2 is 2.22 bits per heavy atom. The second-order valence-corrected chi connectivity index (χ2v) is 6.15. The van der Waals surface area contributed by atoms with E-state index < -0.39 is 0 Å². The second-order valence-electron chi connectivity index (χ2n) is 6.15. The smallest absolute Gasteiger partial charge is 0.222 e. The molecule has 1 amide bonds. The molecule has 0 spiro atoms. The van der Waals surface area contributed by atoms with E-state index in [2.05, 4.69) is 43.9 Å². The highest BCUT2D eigenvalue weighted by Gasteiger charge is 2.30. The van der Waals surface area contributed by atoms with Crippen LogP contribution in [-0.2, 0) is 4.79 Å². The summed E-state index contributed by atoms with van der Waals surface area (Å²) in [6.07, 6.45) is 9.74. The largest absolute Gasteiger partial charge is 0.342 e. The number of nitrogens with zero attached hydrogens (tertiary/aromatic N) is 1. The normalized spacial score (nSPS) is 28.1. The number of amides is 1. The summed E-state index contributed by atoms with van der Waals surface area (Å²) in [5.74, 6) is 2.19. The lowest BCUT2D eigenvalue weighted by Crippen LogP contribution is -2.27. The van der Waals surface area contributed by atoms with E-state index in [1.165, 1.54) is 5.57 Å². The monoisotopic (exact) mass is 247 g/mol. The van der Waals surface area contributed by atoms with Gasteiger partial charge in [0.25, 0.3) is 0 Å². The Morgan fingerprint density at radius 1 is 1.44 bits per heavy atom. The van der Waals surface area contributed by atoms with Crippen LogP contribution in [0.15, 0.2) is 23.8 Å². The molecule has 2 nitrogen and oxygen atoms in total. The van der Waals surface area contributed by atoms with Crippen LogP contribution in [0.25, 0.3) is 0 Å². The molecule has 0 aromatic carbocycles. The van der Waals surface area contributed by atoms with Gasteiger partial charge >= 0.3 is 0 Å². The maximum Gasteiger partial charge on any atom is 0.222 e. The highest BCUT2D eigenvalue weighted by Crippen LogP contribution is 2.26. The maximum atomic E-state index is 11.9. The van der Waals surface area contributed by atoms with Crippen molar-refractivity contribution < 1.29 is 4.79 Å². The summed E-state index contributed by atoms with van der Waals surface area (Å²) in [7, 11) is 0. The van der Waals surface area contributed by atoms with Crippen LogP contribution in [0.3, 0.4) is 0 Å². The molecule has 0 N–H and O–H groups in total. The van der Waals surface area contributed by atoms with Gasteiger partial charge in [-0.3, -0.25) is 4.79 Å². The van der Waals surface area contributed by atoms with Crippen LogP contribution in [0.4, 0.5) is 0 Å². The fraction of sp³-hybridized carbons (Fsp3) is 0.688. The van der Waals surface area contributed by atoms with Crippen LogP contribution in [-0.4, -0.2) is 23.9 Å². The molecule has 0 radical (unpaired) electrons. The molecule has 2 atom stereocenters. The first-order chi connectivity index (χ1) is 8.56. The minimum absolute atomic E-state index is 0.349. The molecule has 2 rings (SSSR count). The number of likely N-dealkylation sites (tertiary alicyclic amines) is 1. The molecule has 1 saturated heterocycles. The van der Waals surface area contributed by atoms with E-state index in [1.54, 1.807) is 0 Å². The summed E-state index contributed by atoms with van der Waals surface area (Å²) >= 11 is 0. The van der Waals surface area contributed by atoms with E-state index in [0.29, 0.717) is 23.7 Å². The molecular formula is C16H25NO. The fourth-order valence-corrected chi connectivity index (χ4v) is 2.82. The van der Waals surface area contributed by atoms with E-state index in [4.69, 9.17) is 0 Å². The first kappa shape index (κ1) is 13.4. The fourth-order valence-electron chi connectivity index (χ4n) is 2.82. The Balaban J connectivity index is 1.84. The van der Waals surface area contributed by atoms with Gasteiger partial charge in [0.1, 0.15) is 0 Å². The van der Waals surface area contributed by atoms with Crippen molar-refractivity contribution >= 4 is 5.91 Å². The van der Waals surface area contributed by atoms with Crippen molar-refractivity contribution in [2.45, 2.75) is 40.0 Å². The minimum Gasteiger partial charge on any atom is -0.342 e. The van der Waals surface area contributed by atoms with Crippen LogP contribution in [0.2, 0.25) is 0 Å². The Bertz CT molecular complexity index is 367. The average Bonchev–Trinajstić information content (AvgIpc) is 2.68. The second kappa shape index (κ2) is 5.73. The highest BCUT2D eigenvalue weighted by molar-refractivity contribution is 5.78. The minimum atomic E-state index is 0.349. The predicted octanol–water partition coefficient (Wildman–Crippen LogP) is 3.40. The third kappa shape index (κ3) is 3.24. The molecular weight excluding hydrogens is 222 g/mol. The molecule has 0 bridgehead atoms. The lowest BCUT2D eigenvalue weighted by atomic mass is 9.95. The molecule has 2 unspecified atom stereocenters. The van der Waals surface area contributed by atoms with E-state index in [9.17, 15) is 4.79 Å². The number of hydrogen-bond acceptors (Lipinski definition) is 1. The summed E-state index contributed by atoms with van der Waals surface area (Å²) in [5, 5.41) is 0. The molecule has 1 aliphatic carbocycles. The number of allylic oxidation sites excluding steroid dienone is 3. The van der Waals surface area contributed by atoms with Gasteiger partial charge in [-0.2, -0.15) is 0 Å². The lowest BCUT2D eigenvalue weighted by Gasteiger charge is -2.19. The standard InChI is InChI=1S/C16H25NO/c1-12(2)15-10-16(18)17(11-15)8-7-14-6-4-5-13(3)9-14/h4,6,9,12-13,15H,5,7-8,10-11H2,1-3H3. The van der Waals surface area contributed by atoms with Gasteiger partial charge in [-0.05, 0) is 30.6 Å². The predicted molar refractivity (Wildman–Crippen MR) is 75.1 cm³/mol. The van der Waals surface area contributed by atoms with Crippen molar-refractivity contribution in [3.05, 3.63) is 23.8 Å². The molecule has 0 saturated carbocycles. The van der Waals surface area contributed by atoms with E-state index >= 15 is 0 Å². The Morgan fingerprint density at radius 3 is 2.83 bits per heavy atom. The van der Waals surface area contributed by atoms with Gasteiger partial charge in [0.15, 0.2) is 0 Å². The Kier molecular flexibility index (Phi) is 4.26. The molecule has 100 valence electrons. The third-order valence-electron chi connectivity index (χ3n) is 4.20. The molecule has 1 fully saturated rings. The maximum absolute atomic E-state index is 11.9. The molecule has 18 heavy (non-hydrogen) atoms.